The number of imidazole rings is 1. The second kappa shape index (κ2) is 7.48. The number of benzene rings is 1. The van der Waals surface area contributed by atoms with E-state index in [0.717, 1.165) is 22.4 Å². The van der Waals surface area contributed by atoms with Gasteiger partial charge in [-0.1, -0.05) is 23.9 Å². The minimum atomic E-state index is -0.431. The van der Waals surface area contributed by atoms with Crippen LogP contribution in [0.15, 0.2) is 51.9 Å². The molecular weight excluding hydrogens is 388 g/mol. The van der Waals surface area contributed by atoms with E-state index < -0.39 is 5.25 Å². The molecule has 9 heteroatoms. The normalized spacial score (nSPS) is 13.3. The van der Waals surface area contributed by atoms with E-state index in [9.17, 15) is 10.4 Å². The molecule has 0 amide bonds. The van der Waals surface area contributed by atoms with E-state index in [4.69, 9.17) is 4.42 Å². The zero-order valence-electron chi connectivity index (χ0n) is 16.0. The number of aromatic nitrogens is 5. The minimum Gasteiger partial charge on any atom is -0.510 e. The third-order valence-electron chi connectivity index (χ3n) is 4.60. The molecule has 3 aromatic heterocycles. The van der Waals surface area contributed by atoms with Gasteiger partial charge in [-0.2, -0.15) is 5.26 Å². The van der Waals surface area contributed by atoms with Gasteiger partial charge in [0.2, 0.25) is 0 Å². The summed E-state index contributed by atoms with van der Waals surface area (Å²) in [5.41, 5.74) is 2.50. The number of para-hydroxylation sites is 2. The molecule has 0 saturated carbocycles. The molecule has 0 spiro atoms. The molecule has 3 heterocycles. The molecule has 0 bridgehead atoms. The van der Waals surface area contributed by atoms with Crippen LogP contribution in [0.5, 0.6) is 0 Å². The Morgan fingerprint density at radius 1 is 1.31 bits per heavy atom. The molecule has 0 fully saturated rings. The summed E-state index contributed by atoms with van der Waals surface area (Å²) in [6.07, 6.45) is 1.61. The molecule has 8 nitrogen and oxygen atoms in total. The highest BCUT2D eigenvalue weighted by Gasteiger charge is 2.22. The lowest BCUT2D eigenvalue weighted by Gasteiger charge is -2.11. The van der Waals surface area contributed by atoms with Crippen molar-refractivity contribution in [2.75, 3.05) is 0 Å². The maximum Gasteiger partial charge on any atom is 0.191 e. The van der Waals surface area contributed by atoms with Crippen LogP contribution in [0, 0.1) is 18.3 Å². The van der Waals surface area contributed by atoms with Crippen molar-refractivity contribution in [2.24, 2.45) is 7.05 Å². The fourth-order valence-corrected chi connectivity index (χ4v) is 3.87. The van der Waals surface area contributed by atoms with E-state index in [0.29, 0.717) is 16.8 Å². The fraction of sp³-hybridized carbons (Fsp3) is 0.200. The number of aryl methyl sites for hydroxylation is 1. The summed E-state index contributed by atoms with van der Waals surface area (Å²) >= 11 is 1.31. The molecule has 0 radical (unpaired) electrons. The van der Waals surface area contributed by atoms with Gasteiger partial charge in [-0.3, -0.25) is 0 Å². The largest absolute Gasteiger partial charge is 0.510 e. The molecule has 4 rings (SSSR count). The second-order valence-electron chi connectivity index (χ2n) is 6.49. The molecule has 1 atom stereocenters. The van der Waals surface area contributed by atoms with Crippen molar-refractivity contribution in [3.05, 3.63) is 53.9 Å². The van der Waals surface area contributed by atoms with E-state index in [2.05, 4.69) is 26.2 Å². The van der Waals surface area contributed by atoms with Crippen molar-refractivity contribution in [1.82, 2.24) is 24.7 Å². The number of hydrogen-bond donors (Lipinski definition) is 2. The molecule has 0 aliphatic carbocycles. The van der Waals surface area contributed by atoms with Gasteiger partial charge in [0.1, 0.15) is 23.2 Å². The van der Waals surface area contributed by atoms with Gasteiger partial charge in [0.25, 0.3) is 0 Å². The second-order valence-corrected chi connectivity index (χ2v) is 7.80. The van der Waals surface area contributed by atoms with Crippen LogP contribution in [0.3, 0.4) is 0 Å². The number of furan rings is 1. The highest BCUT2D eigenvalue weighted by Crippen LogP contribution is 2.32. The molecule has 1 aromatic carbocycles. The first-order chi connectivity index (χ1) is 14.0. The number of nitrogens with one attached hydrogen (secondary N) is 1. The summed E-state index contributed by atoms with van der Waals surface area (Å²) in [5.74, 6) is 1.70. The van der Waals surface area contributed by atoms with E-state index in [1.165, 1.54) is 11.8 Å². The fourth-order valence-electron chi connectivity index (χ4n) is 2.99. The number of aliphatic hydroxyl groups excluding tert-OH is 1. The minimum absolute atomic E-state index is 0.0689. The summed E-state index contributed by atoms with van der Waals surface area (Å²) < 4.78 is 7.17. The monoisotopic (exact) mass is 406 g/mol. The topological polar surface area (TPSA) is 117 Å². The maximum atomic E-state index is 10.7. The number of fused-ring (bicyclic) bond motifs is 1. The molecule has 4 aromatic rings. The van der Waals surface area contributed by atoms with Crippen molar-refractivity contribution in [1.29, 1.82) is 5.26 Å². The third kappa shape index (κ3) is 3.39. The van der Waals surface area contributed by atoms with Gasteiger partial charge in [0, 0.05) is 7.05 Å². The van der Waals surface area contributed by atoms with E-state index in [-0.39, 0.29) is 11.3 Å². The molecule has 0 saturated heterocycles. The van der Waals surface area contributed by atoms with Gasteiger partial charge in [0.05, 0.1) is 28.1 Å². The van der Waals surface area contributed by atoms with Crippen molar-refractivity contribution in [3.8, 4) is 17.5 Å². The highest BCUT2D eigenvalue weighted by molar-refractivity contribution is 7.99. The van der Waals surface area contributed by atoms with Gasteiger partial charge >= 0.3 is 0 Å². The Kier molecular flexibility index (Phi) is 4.86. The van der Waals surface area contributed by atoms with Crippen molar-refractivity contribution >= 4 is 28.4 Å². The zero-order valence-corrected chi connectivity index (χ0v) is 16.9. The summed E-state index contributed by atoms with van der Waals surface area (Å²) in [4.78, 5) is 7.49. The van der Waals surface area contributed by atoms with Gasteiger partial charge in [-0.15, -0.1) is 10.2 Å². The number of hydrogen-bond acceptors (Lipinski definition) is 7. The highest BCUT2D eigenvalue weighted by atomic mass is 32.2. The zero-order chi connectivity index (χ0) is 20.5. The van der Waals surface area contributed by atoms with Crippen LogP contribution >= 0.6 is 11.8 Å². The average Bonchev–Trinajstić information content (AvgIpc) is 3.41. The SMILES string of the molecule is Cc1occc1-c1nnc(S[C@H](C)/C(O)=C(\C#N)c2nc3ccccc3[nH]2)n1C. The van der Waals surface area contributed by atoms with E-state index >= 15 is 0 Å². The molecule has 0 aliphatic heterocycles. The summed E-state index contributed by atoms with van der Waals surface area (Å²) in [6.45, 7) is 3.66. The molecular formula is C20H18N6O2S. The van der Waals surface area contributed by atoms with E-state index in [1.807, 2.05) is 48.9 Å². The lowest BCUT2D eigenvalue weighted by Crippen LogP contribution is -2.06. The number of rotatable bonds is 5. The summed E-state index contributed by atoms with van der Waals surface area (Å²) in [5, 5.41) is 29.0. The Labute approximate surface area is 170 Å². The first-order valence-electron chi connectivity index (χ1n) is 8.88. The Morgan fingerprint density at radius 2 is 2.10 bits per heavy atom. The Hall–Kier alpha value is -3.51. The van der Waals surface area contributed by atoms with Crippen molar-refractivity contribution in [2.45, 2.75) is 24.3 Å². The smallest absolute Gasteiger partial charge is 0.191 e. The standard InChI is InChI=1S/C20H18N6O2S/c1-11-13(8-9-28-11)19-24-25-20(26(19)3)29-12(2)17(27)14(10-21)18-22-15-6-4-5-7-16(15)23-18/h4-9,12,27H,1-3H3,(H,22,23)/b17-14-/t12-/m1/s1. The molecule has 2 N–H and O–H groups in total. The number of nitrogens with zero attached hydrogens (tertiary/aromatic N) is 5. The van der Waals surface area contributed by atoms with Gasteiger partial charge in [-0.25, -0.2) is 4.98 Å². The van der Waals surface area contributed by atoms with Gasteiger partial charge < -0.3 is 19.1 Å². The lowest BCUT2D eigenvalue weighted by atomic mass is 10.2. The number of aliphatic hydroxyl groups is 1. The van der Waals surface area contributed by atoms with Crippen LogP contribution in [-0.4, -0.2) is 35.1 Å². The number of nitriles is 1. The molecule has 0 unspecified atom stereocenters. The summed E-state index contributed by atoms with van der Waals surface area (Å²) in [6, 6.07) is 11.4. The van der Waals surface area contributed by atoms with Crippen LogP contribution in [0.1, 0.15) is 18.5 Å². The van der Waals surface area contributed by atoms with Crippen LogP contribution in [0.2, 0.25) is 0 Å². The van der Waals surface area contributed by atoms with E-state index in [1.54, 1.807) is 13.2 Å². The Morgan fingerprint density at radius 3 is 2.79 bits per heavy atom. The number of aromatic amines is 1. The van der Waals surface area contributed by atoms with Gasteiger partial charge in [0.15, 0.2) is 16.8 Å². The molecule has 29 heavy (non-hydrogen) atoms. The van der Waals surface area contributed by atoms with Crippen LogP contribution in [-0.2, 0) is 7.05 Å². The number of allylic oxidation sites excluding steroid dienone is 1. The van der Waals surface area contributed by atoms with Crippen LogP contribution < -0.4 is 0 Å². The summed E-state index contributed by atoms with van der Waals surface area (Å²) in [7, 11) is 1.85. The maximum absolute atomic E-state index is 10.7. The van der Waals surface area contributed by atoms with Gasteiger partial charge in [-0.05, 0) is 32.0 Å². The van der Waals surface area contributed by atoms with Crippen LogP contribution in [0.25, 0.3) is 28.0 Å². The number of H-pyrrole nitrogens is 1. The average molecular weight is 406 g/mol. The first-order valence-corrected chi connectivity index (χ1v) is 9.76. The first kappa shape index (κ1) is 18.8. The van der Waals surface area contributed by atoms with Crippen molar-refractivity contribution in [3.63, 3.8) is 0 Å². The van der Waals surface area contributed by atoms with Crippen molar-refractivity contribution < 1.29 is 9.52 Å². The Balaban J connectivity index is 1.63. The number of thioether (sulfide) groups is 1. The Bertz CT molecular complexity index is 1230. The molecule has 0 aliphatic rings. The van der Waals surface area contributed by atoms with Crippen LogP contribution in [0.4, 0.5) is 0 Å². The molecule has 146 valence electrons. The lowest BCUT2D eigenvalue weighted by molar-refractivity contribution is 0.401. The quantitative estimate of drug-likeness (QED) is 0.289. The third-order valence-corrected chi connectivity index (χ3v) is 5.74. The predicted octanol–water partition coefficient (Wildman–Crippen LogP) is 4.23. The predicted molar refractivity (Wildman–Crippen MR) is 110 cm³/mol.